The lowest BCUT2D eigenvalue weighted by Crippen LogP contribution is -2.61. The normalized spacial score (nSPS) is 36.8. The van der Waals surface area contributed by atoms with Gasteiger partial charge in [-0.25, -0.2) is 0 Å². The number of aliphatic hydroxyl groups excluding tert-OH is 1. The number of ether oxygens (including phenoxy) is 1. The van der Waals surface area contributed by atoms with Gasteiger partial charge in [0.25, 0.3) is 5.09 Å². The van der Waals surface area contributed by atoms with Crippen LogP contribution in [0.4, 0.5) is 0 Å². The third kappa shape index (κ3) is 5.80. The minimum absolute atomic E-state index is 0.00535. The van der Waals surface area contributed by atoms with Gasteiger partial charge in [0.15, 0.2) is 12.4 Å². The highest BCUT2D eigenvalue weighted by Gasteiger charge is 2.68. The number of hydrogen-bond donors (Lipinski definition) is 2. The zero-order valence-electron chi connectivity index (χ0n) is 22.3. The molecule has 0 bridgehead atoms. The van der Waals surface area contributed by atoms with E-state index in [9.17, 15) is 34.7 Å². The summed E-state index contributed by atoms with van der Waals surface area (Å²) in [6, 6.07) is 0. The summed E-state index contributed by atoms with van der Waals surface area (Å²) < 4.78 is 5.24. The van der Waals surface area contributed by atoms with E-state index < -0.39 is 46.0 Å². The Balaban J connectivity index is 1.30. The van der Waals surface area contributed by atoms with Crippen LogP contribution < -0.4 is 0 Å². The average Bonchev–Trinajstić information content (AvgIpc) is 3.15. The number of hydrogen-bond acceptors (Lipinski definition) is 11. The standard InChI is InChI=1S/C27H37NO9S2/c1-25-9-7-18(29)14-17(25)5-6-19-20-8-10-27(33,26(20,2)15-21(30)24(19)25)22(31)16-36-23(32)4-3-12-38-39-13-11-37-28(34)35/h7,9,14,19-21,24,30,33H,3-6,8,10-13,15-16H2,1-2H3/t19-,20-,21-,24+,25-,26-,27-/m0/s1. The molecule has 12 heteroatoms. The summed E-state index contributed by atoms with van der Waals surface area (Å²) in [5.41, 5.74) is -1.89. The Labute approximate surface area is 235 Å². The largest absolute Gasteiger partial charge is 0.458 e. The molecule has 0 unspecified atom stereocenters. The van der Waals surface area contributed by atoms with E-state index in [0.717, 1.165) is 18.4 Å². The number of carbonyl (C=O) groups is 3. The Hall–Kier alpha value is -1.89. The highest BCUT2D eigenvalue weighted by molar-refractivity contribution is 8.76. The number of nitrogens with zero attached hydrogens (tertiary/aromatic N) is 1. The third-order valence-corrected chi connectivity index (χ3v) is 12.0. The van der Waals surface area contributed by atoms with Crippen LogP contribution in [0.1, 0.15) is 58.8 Å². The van der Waals surface area contributed by atoms with Gasteiger partial charge in [0.05, 0.1) is 6.10 Å². The fourth-order valence-electron chi connectivity index (χ4n) is 7.67. The van der Waals surface area contributed by atoms with Gasteiger partial charge in [-0.2, -0.15) is 0 Å². The van der Waals surface area contributed by atoms with E-state index in [1.54, 1.807) is 12.2 Å². The molecule has 0 heterocycles. The molecule has 0 aromatic heterocycles. The topological polar surface area (TPSA) is 153 Å². The Bertz CT molecular complexity index is 1060. The first-order chi connectivity index (χ1) is 18.4. The van der Waals surface area contributed by atoms with Crippen LogP contribution in [-0.4, -0.2) is 69.3 Å². The maximum Gasteiger partial charge on any atom is 0.306 e. The van der Waals surface area contributed by atoms with Gasteiger partial charge in [-0.05, 0) is 62.5 Å². The maximum atomic E-state index is 13.3. The molecule has 10 nitrogen and oxygen atoms in total. The fourth-order valence-corrected chi connectivity index (χ4v) is 9.57. The number of ketones is 2. The summed E-state index contributed by atoms with van der Waals surface area (Å²) in [5.74, 6) is 0.0669. The van der Waals surface area contributed by atoms with Crippen LogP contribution in [0.5, 0.6) is 0 Å². The summed E-state index contributed by atoms with van der Waals surface area (Å²) in [5, 5.41) is 32.4. The van der Waals surface area contributed by atoms with E-state index in [4.69, 9.17) is 4.74 Å². The van der Waals surface area contributed by atoms with Crippen LogP contribution in [0.15, 0.2) is 23.8 Å². The van der Waals surface area contributed by atoms with Gasteiger partial charge in [-0.15, -0.1) is 10.1 Å². The van der Waals surface area contributed by atoms with E-state index in [2.05, 4.69) is 11.8 Å². The molecule has 0 amide bonds. The minimum atomic E-state index is -1.68. The highest BCUT2D eigenvalue weighted by Crippen LogP contribution is 2.67. The molecule has 0 aliphatic heterocycles. The minimum Gasteiger partial charge on any atom is -0.458 e. The van der Waals surface area contributed by atoms with Crippen molar-refractivity contribution < 1.29 is 39.3 Å². The molecular formula is C27H37NO9S2. The van der Waals surface area contributed by atoms with Gasteiger partial charge in [0.1, 0.15) is 12.2 Å². The van der Waals surface area contributed by atoms with Crippen molar-refractivity contribution in [1.29, 1.82) is 0 Å². The number of carbonyl (C=O) groups excluding carboxylic acids is 3. The van der Waals surface area contributed by atoms with Gasteiger partial charge >= 0.3 is 5.97 Å². The molecule has 216 valence electrons. The molecule has 2 N–H and O–H groups in total. The molecule has 3 fully saturated rings. The van der Waals surface area contributed by atoms with Crippen molar-refractivity contribution in [3.8, 4) is 0 Å². The number of aliphatic hydroxyl groups is 2. The second-order valence-electron chi connectivity index (χ2n) is 11.5. The van der Waals surface area contributed by atoms with E-state index in [0.29, 0.717) is 24.3 Å². The Morgan fingerprint density at radius 1 is 1.23 bits per heavy atom. The summed E-state index contributed by atoms with van der Waals surface area (Å²) >= 11 is 0. The molecular weight excluding hydrogens is 546 g/mol. The molecule has 0 aromatic rings. The Morgan fingerprint density at radius 3 is 2.72 bits per heavy atom. The van der Waals surface area contributed by atoms with Crippen LogP contribution in [0.2, 0.25) is 0 Å². The number of esters is 1. The number of Topliss-reactive ketones (excluding diaryl/α,β-unsaturated/α-hetero) is 1. The predicted molar refractivity (Wildman–Crippen MR) is 146 cm³/mol. The van der Waals surface area contributed by atoms with Gasteiger partial charge in [-0.3, -0.25) is 14.4 Å². The number of fused-ring (bicyclic) bond motifs is 5. The SMILES string of the molecule is C[C@]12C=CC(=O)C=C1CC[C@@H]1[C@@H]2[C@@H](O)C[C@@]2(C)[C@H]1CC[C@]2(O)C(=O)COC(=O)CCCSSCCO[N+](=O)[O-]. The molecule has 4 aliphatic carbocycles. The summed E-state index contributed by atoms with van der Waals surface area (Å²) in [6.07, 6.45) is 7.85. The lowest BCUT2D eigenvalue weighted by Gasteiger charge is -2.59. The average molecular weight is 584 g/mol. The molecule has 4 aliphatic rings. The van der Waals surface area contributed by atoms with Crippen LogP contribution >= 0.6 is 21.6 Å². The first-order valence-corrected chi connectivity index (χ1v) is 16.0. The van der Waals surface area contributed by atoms with E-state index >= 15 is 0 Å². The van der Waals surface area contributed by atoms with E-state index in [1.165, 1.54) is 21.6 Å². The van der Waals surface area contributed by atoms with Gasteiger partial charge in [-0.1, -0.05) is 47.1 Å². The van der Waals surface area contributed by atoms with Crippen LogP contribution in [-0.2, 0) is 24.0 Å². The van der Waals surface area contributed by atoms with Crippen molar-refractivity contribution in [1.82, 2.24) is 0 Å². The zero-order valence-corrected chi connectivity index (χ0v) is 24.0. The molecule has 3 saturated carbocycles. The number of rotatable bonds is 12. The number of allylic oxidation sites excluding steroid dienone is 4. The van der Waals surface area contributed by atoms with Crippen molar-refractivity contribution in [2.45, 2.75) is 70.5 Å². The quantitative estimate of drug-likeness (QED) is 0.114. The van der Waals surface area contributed by atoms with Crippen molar-refractivity contribution in [3.05, 3.63) is 33.9 Å². The molecule has 0 saturated heterocycles. The summed E-state index contributed by atoms with van der Waals surface area (Å²) in [4.78, 5) is 51.9. The molecule has 0 radical (unpaired) electrons. The van der Waals surface area contributed by atoms with Crippen molar-refractivity contribution >= 4 is 39.1 Å². The van der Waals surface area contributed by atoms with Crippen molar-refractivity contribution in [2.75, 3.05) is 24.7 Å². The molecule has 0 spiro atoms. The molecule has 0 aromatic carbocycles. The predicted octanol–water partition coefficient (Wildman–Crippen LogP) is 3.48. The maximum absolute atomic E-state index is 13.3. The van der Waals surface area contributed by atoms with Gasteiger partial charge < -0.3 is 19.8 Å². The molecule has 4 rings (SSSR count). The lowest BCUT2D eigenvalue weighted by molar-refractivity contribution is -0.756. The van der Waals surface area contributed by atoms with E-state index in [1.807, 2.05) is 13.0 Å². The summed E-state index contributed by atoms with van der Waals surface area (Å²) in [7, 11) is 2.88. The highest BCUT2D eigenvalue weighted by atomic mass is 33.1. The van der Waals surface area contributed by atoms with E-state index in [-0.39, 0.29) is 49.4 Å². The first-order valence-electron chi connectivity index (χ1n) is 13.5. The van der Waals surface area contributed by atoms with Gasteiger partial charge in [0.2, 0.25) is 5.78 Å². The smallest absolute Gasteiger partial charge is 0.306 e. The third-order valence-electron chi connectivity index (χ3n) is 9.53. The van der Waals surface area contributed by atoms with Crippen molar-refractivity contribution in [3.63, 3.8) is 0 Å². The Morgan fingerprint density at radius 2 is 1.97 bits per heavy atom. The lowest BCUT2D eigenvalue weighted by atomic mass is 9.46. The second kappa shape index (κ2) is 11.9. The summed E-state index contributed by atoms with van der Waals surface area (Å²) in [6.45, 7) is 3.48. The second-order valence-corrected chi connectivity index (χ2v) is 14.2. The fraction of sp³-hybridized carbons (Fsp3) is 0.741. The molecule has 39 heavy (non-hydrogen) atoms. The van der Waals surface area contributed by atoms with Crippen LogP contribution in [0.25, 0.3) is 0 Å². The Kier molecular flexibility index (Phi) is 9.19. The first kappa shape index (κ1) is 30.1. The van der Waals surface area contributed by atoms with Crippen LogP contribution in [0, 0.1) is 38.7 Å². The van der Waals surface area contributed by atoms with Gasteiger partial charge in [0, 0.05) is 34.7 Å². The molecule has 7 atom stereocenters. The van der Waals surface area contributed by atoms with Crippen molar-refractivity contribution in [2.24, 2.45) is 28.6 Å². The van der Waals surface area contributed by atoms with Crippen LogP contribution in [0.3, 0.4) is 0 Å². The monoisotopic (exact) mass is 583 g/mol. The zero-order chi connectivity index (χ0) is 28.4.